The number of rotatable bonds is 7. The van der Waals surface area contributed by atoms with Crippen LogP contribution in [0.15, 0.2) is 28.0 Å². The standard InChI is InChI=1S/C17H21N5O2S/c18-9-5-10-19-15(23)12-25-17-21-20-16(14-8-4-11-24-14)22(17)13-6-2-1-3-7-13/h4,8,11,13H,1-3,5-7,10,12H2,(H,19,23). The number of aromatic nitrogens is 3. The van der Waals surface area contributed by atoms with E-state index in [0.29, 0.717) is 24.8 Å². The molecule has 0 spiro atoms. The SMILES string of the molecule is N#CCCNC(=O)CSc1nnc(-c2ccco2)n1C1CCCCC1. The molecule has 0 atom stereocenters. The summed E-state index contributed by atoms with van der Waals surface area (Å²) in [6, 6.07) is 6.07. The fourth-order valence-electron chi connectivity index (χ4n) is 3.06. The first-order valence-corrected chi connectivity index (χ1v) is 9.53. The Balaban J connectivity index is 1.74. The quantitative estimate of drug-likeness (QED) is 0.602. The Morgan fingerprint density at radius 2 is 2.24 bits per heavy atom. The van der Waals surface area contributed by atoms with Crippen molar-refractivity contribution in [2.45, 2.75) is 49.7 Å². The minimum atomic E-state index is -0.0991. The van der Waals surface area contributed by atoms with Crippen molar-refractivity contribution in [1.82, 2.24) is 20.1 Å². The van der Waals surface area contributed by atoms with Crippen LogP contribution in [-0.4, -0.2) is 33.0 Å². The van der Waals surface area contributed by atoms with Gasteiger partial charge in [0.15, 0.2) is 10.9 Å². The van der Waals surface area contributed by atoms with Gasteiger partial charge in [0.1, 0.15) is 0 Å². The highest BCUT2D eigenvalue weighted by Gasteiger charge is 2.25. The summed E-state index contributed by atoms with van der Waals surface area (Å²) in [5.41, 5.74) is 0. The number of nitrogens with zero attached hydrogens (tertiary/aromatic N) is 4. The molecule has 1 saturated carbocycles. The Morgan fingerprint density at radius 1 is 1.40 bits per heavy atom. The summed E-state index contributed by atoms with van der Waals surface area (Å²) in [5.74, 6) is 1.58. The number of amides is 1. The van der Waals surface area contributed by atoms with E-state index in [2.05, 4.69) is 20.1 Å². The molecule has 0 saturated heterocycles. The van der Waals surface area contributed by atoms with Gasteiger partial charge in [-0.1, -0.05) is 31.0 Å². The lowest BCUT2D eigenvalue weighted by atomic mass is 9.95. The van der Waals surface area contributed by atoms with E-state index in [1.165, 1.54) is 31.0 Å². The van der Waals surface area contributed by atoms with Gasteiger partial charge in [-0.2, -0.15) is 5.26 Å². The average Bonchev–Trinajstić information content (AvgIpc) is 3.30. The van der Waals surface area contributed by atoms with E-state index in [1.807, 2.05) is 18.2 Å². The number of nitrogens with one attached hydrogen (secondary N) is 1. The number of hydrogen-bond donors (Lipinski definition) is 1. The van der Waals surface area contributed by atoms with Crippen molar-refractivity contribution in [3.05, 3.63) is 18.4 Å². The van der Waals surface area contributed by atoms with Crippen LogP contribution in [0.5, 0.6) is 0 Å². The average molecular weight is 359 g/mol. The number of carbonyl (C=O) groups excluding carboxylic acids is 1. The molecule has 1 aliphatic carbocycles. The van der Waals surface area contributed by atoms with Crippen LogP contribution in [-0.2, 0) is 4.79 Å². The van der Waals surface area contributed by atoms with Gasteiger partial charge in [-0.15, -0.1) is 10.2 Å². The van der Waals surface area contributed by atoms with Gasteiger partial charge in [0, 0.05) is 12.6 Å². The second-order valence-corrected chi connectivity index (χ2v) is 6.93. The van der Waals surface area contributed by atoms with Crippen LogP contribution in [0.1, 0.15) is 44.6 Å². The lowest BCUT2D eigenvalue weighted by molar-refractivity contribution is -0.118. The van der Waals surface area contributed by atoms with Gasteiger partial charge in [-0.25, -0.2) is 0 Å². The van der Waals surface area contributed by atoms with Crippen LogP contribution in [0.3, 0.4) is 0 Å². The highest BCUT2D eigenvalue weighted by atomic mass is 32.2. The van der Waals surface area contributed by atoms with E-state index in [9.17, 15) is 4.79 Å². The topological polar surface area (TPSA) is 96.7 Å². The third-order valence-electron chi connectivity index (χ3n) is 4.24. The number of furan rings is 1. The lowest BCUT2D eigenvalue weighted by Crippen LogP contribution is -2.26. The molecule has 0 aliphatic heterocycles. The molecular formula is C17H21N5O2S. The van der Waals surface area contributed by atoms with Crippen molar-refractivity contribution in [3.63, 3.8) is 0 Å². The van der Waals surface area contributed by atoms with Crippen molar-refractivity contribution in [2.75, 3.05) is 12.3 Å². The predicted molar refractivity (Wildman–Crippen MR) is 93.8 cm³/mol. The minimum absolute atomic E-state index is 0.0991. The number of nitriles is 1. The third-order valence-corrected chi connectivity index (χ3v) is 5.18. The normalized spacial score (nSPS) is 15.0. The second kappa shape index (κ2) is 8.72. The van der Waals surface area contributed by atoms with Gasteiger partial charge in [0.05, 0.1) is 24.5 Å². The summed E-state index contributed by atoms with van der Waals surface area (Å²) >= 11 is 1.38. The van der Waals surface area contributed by atoms with Crippen molar-refractivity contribution < 1.29 is 9.21 Å². The Kier molecular flexibility index (Phi) is 6.12. The van der Waals surface area contributed by atoms with E-state index < -0.39 is 0 Å². The van der Waals surface area contributed by atoms with Crippen LogP contribution in [0.2, 0.25) is 0 Å². The molecule has 0 unspecified atom stereocenters. The van der Waals surface area contributed by atoms with Gasteiger partial charge < -0.3 is 9.73 Å². The van der Waals surface area contributed by atoms with E-state index in [4.69, 9.17) is 9.68 Å². The van der Waals surface area contributed by atoms with Crippen LogP contribution in [0.25, 0.3) is 11.6 Å². The maximum Gasteiger partial charge on any atom is 0.230 e. The highest BCUT2D eigenvalue weighted by Crippen LogP contribution is 2.35. The van der Waals surface area contributed by atoms with Crippen LogP contribution in [0, 0.1) is 11.3 Å². The van der Waals surface area contributed by atoms with Crippen LogP contribution >= 0.6 is 11.8 Å². The molecule has 8 heteroatoms. The van der Waals surface area contributed by atoms with E-state index in [1.54, 1.807) is 6.26 Å². The molecule has 1 amide bonds. The Morgan fingerprint density at radius 3 is 2.96 bits per heavy atom. The van der Waals surface area contributed by atoms with Gasteiger partial charge >= 0.3 is 0 Å². The van der Waals surface area contributed by atoms with Crippen LogP contribution < -0.4 is 5.32 Å². The van der Waals surface area contributed by atoms with Crippen LogP contribution in [0.4, 0.5) is 0 Å². The molecule has 7 nitrogen and oxygen atoms in total. The van der Waals surface area contributed by atoms with Gasteiger partial charge in [0.25, 0.3) is 0 Å². The Hall–Kier alpha value is -2.27. The zero-order chi connectivity index (χ0) is 17.5. The summed E-state index contributed by atoms with van der Waals surface area (Å²) in [4.78, 5) is 11.9. The molecule has 2 aromatic heterocycles. The molecular weight excluding hydrogens is 338 g/mol. The first-order chi connectivity index (χ1) is 12.3. The van der Waals surface area contributed by atoms with Gasteiger partial charge in [0.2, 0.25) is 11.7 Å². The van der Waals surface area contributed by atoms with E-state index >= 15 is 0 Å². The molecule has 2 aromatic rings. The fourth-order valence-corrected chi connectivity index (χ4v) is 3.89. The molecule has 2 heterocycles. The highest BCUT2D eigenvalue weighted by molar-refractivity contribution is 7.99. The molecule has 0 aromatic carbocycles. The van der Waals surface area contributed by atoms with Crippen molar-refractivity contribution in [3.8, 4) is 17.7 Å². The third kappa shape index (κ3) is 4.42. The van der Waals surface area contributed by atoms with Crippen molar-refractivity contribution >= 4 is 17.7 Å². The van der Waals surface area contributed by atoms with E-state index in [0.717, 1.165) is 23.8 Å². The van der Waals surface area contributed by atoms with Crippen molar-refractivity contribution in [2.24, 2.45) is 0 Å². The molecule has 132 valence electrons. The first kappa shape index (κ1) is 17.5. The molecule has 0 radical (unpaired) electrons. The zero-order valence-corrected chi connectivity index (χ0v) is 14.8. The fraction of sp³-hybridized carbons (Fsp3) is 0.529. The largest absolute Gasteiger partial charge is 0.461 e. The monoisotopic (exact) mass is 359 g/mol. The Labute approximate surface area is 150 Å². The number of hydrogen-bond acceptors (Lipinski definition) is 6. The van der Waals surface area contributed by atoms with Gasteiger partial charge in [-0.05, 0) is 25.0 Å². The molecule has 1 aliphatic rings. The molecule has 25 heavy (non-hydrogen) atoms. The maximum atomic E-state index is 11.9. The lowest BCUT2D eigenvalue weighted by Gasteiger charge is -2.25. The first-order valence-electron chi connectivity index (χ1n) is 8.55. The Bertz CT molecular complexity index is 729. The summed E-state index contributed by atoms with van der Waals surface area (Å²) in [6.07, 6.45) is 7.78. The zero-order valence-electron chi connectivity index (χ0n) is 14.0. The number of thioether (sulfide) groups is 1. The predicted octanol–water partition coefficient (Wildman–Crippen LogP) is 3.17. The summed E-state index contributed by atoms with van der Waals surface area (Å²) in [6.45, 7) is 0.378. The minimum Gasteiger partial charge on any atom is -0.461 e. The molecule has 1 N–H and O–H groups in total. The molecule has 1 fully saturated rings. The smallest absolute Gasteiger partial charge is 0.230 e. The van der Waals surface area contributed by atoms with E-state index in [-0.39, 0.29) is 11.7 Å². The molecule has 3 rings (SSSR count). The molecule has 0 bridgehead atoms. The van der Waals surface area contributed by atoms with Gasteiger partial charge in [-0.3, -0.25) is 9.36 Å². The number of carbonyl (C=O) groups is 1. The summed E-state index contributed by atoms with van der Waals surface area (Å²) < 4.78 is 7.64. The van der Waals surface area contributed by atoms with Crippen molar-refractivity contribution in [1.29, 1.82) is 5.26 Å². The maximum absolute atomic E-state index is 11.9. The summed E-state index contributed by atoms with van der Waals surface area (Å²) in [7, 11) is 0. The summed E-state index contributed by atoms with van der Waals surface area (Å²) in [5, 5.41) is 20.6. The second-order valence-electron chi connectivity index (χ2n) is 5.99.